The lowest BCUT2D eigenvalue weighted by Gasteiger charge is -2.05. The van der Waals surface area contributed by atoms with Crippen molar-refractivity contribution >= 4 is 47.1 Å². The zero-order chi connectivity index (χ0) is 18.6. The van der Waals surface area contributed by atoms with Crippen LogP contribution >= 0.6 is 35.0 Å². The van der Waals surface area contributed by atoms with Crippen molar-refractivity contribution in [2.75, 3.05) is 5.75 Å². The molecule has 0 radical (unpaired) electrons. The van der Waals surface area contributed by atoms with Crippen LogP contribution in [-0.4, -0.2) is 43.3 Å². The first-order valence-electron chi connectivity index (χ1n) is 6.33. The van der Waals surface area contributed by atoms with Crippen molar-refractivity contribution in [2.24, 2.45) is 5.10 Å². The minimum atomic E-state index is -0.755. The van der Waals surface area contributed by atoms with Gasteiger partial charge in [0.05, 0.1) is 17.0 Å². The van der Waals surface area contributed by atoms with Crippen LogP contribution in [0.1, 0.15) is 5.56 Å². The Bertz CT molecular complexity index is 958. The van der Waals surface area contributed by atoms with Crippen molar-refractivity contribution in [2.45, 2.75) is 5.03 Å². The van der Waals surface area contributed by atoms with E-state index in [1.54, 1.807) is 0 Å². The molecule has 1 aromatic carbocycles. The number of thioether (sulfide) groups is 1. The van der Waals surface area contributed by atoms with Crippen LogP contribution in [0.25, 0.3) is 0 Å². The van der Waals surface area contributed by atoms with Crippen molar-refractivity contribution < 1.29 is 15.0 Å². The molecule has 0 aliphatic heterocycles. The van der Waals surface area contributed by atoms with Crippen LogP contribution in [0, 0.1) is 0 Å². The quantitative estimate of drug-likeness (QED) is 0.273. The van der Waals surface area contributed by atoms with Gasteiger partial charge in [-0.15, -0.1) is 0 Å². The lowest BCUT2D eigenvalue weighted by atomic mass is 10.2. The molecule has 0 atom stereocenters. The Kier molecular flexibility index (Phi) is 6.07. The molecule has 0 unspecified atom stereocenters. The van der Waals surface area contributed by atoms with E-state index in [2.05, 4.69) is 15.6 Å². The Morgan fingerprint density at radius 1 is 1.36 bits per heavy atom. The molecule has 2 aromatic rings. The number of nitrogens with one attached hydrogen (secondary N) is 3. The molecule has 1 amide bonds. The Labute approximate surface area is 152 Å². The van der Waals surface area contributed by atoms with Crippen LogP contribution in [0.15, 0.2) is 25.8 Å². The highest BCUT2D eigenvalue weighted by atomic mass is 35.5. The second-order valence-corrected chi connectivity index (χ2v) is 6.10. The summed E-state index contributed by atoms with van der Waals surface area (Å²) in [7, 11) is 0. The van der Waals surface area contributed by atoms with Crippen molar-refractivity contribution in [1.29, 1.82) is 0 Å². The highest BCUT2D eigenvalue weighted by Gasteiger charge is 2.13. The third kappa shape index (κ3) is 4.75. The number of rotatable bonds is 5. The number of aromatic nitrogens is 3. The molecule has 132 valence electrons. The largest absolute Gasteiger partial charge is 0.506 e. The fourth-order valence-corrected chi connectivity index (χ4v) is 2.59. The van der Waals surface area contributed by atoms with Crippen LogP contribution < -0.4 is 16.7 Å². The zero-order valence-electron chi connectivity index (χ0n) is 12.0. The SMILES string of the molecule is O=C(CSc1n[nH]c(=O)[nH]c1=O)N/N=C/c1cc(Cl)c(O)c(Cl)c1O. The zero-order valence-corrected chi connectivity index (χ0v) is 14.4. The molecule has 0 aliphatic carbocycles. The second-order valence-electron chi connectivity index (χ2n) is 4.35. The molecule has 1 heterocycles. The second kappa shape index (κ2) is 8.05. The standard InChI is InChI=1S/C12H9Cl2N5O5S/c13-5-1-4(8(21)7(14)9(5)22)2-15-17-6(20)3-25-11-10(23)16-12(24)19-18-11/h1-2,21-22H,3H2,(H,17,20)(H2,16,19,23,24)/b15-2+. The summed E-state index contributed by atoms with van der Waals surface area (Å²) in [6.07, 6.45) is 1.07. The number of amides is 1. The molecule has 0 spiro atoms. The van der Waals surface area contributed by atoms with Gasteiger partial charge in [-0.1, -0.05) is 35.0 Å². The van der Waals surface area contributed by atoms with Crippen molar-refractivity contribution in [3.8, 4) is 11.5 Å². The summed E-state index contributed by atoms with van der Waals surface area (Å²) in [5, 5.41) is 27.8. The first kappa shape index (κ1) is 18.8. The summed E-state index contributed by atoms with van der Waals surface area (Å²) in [6, 6.07) is 1.20. The van der Waals surface area contributed by atoms with Gasteiger partial charge >= 0.3 is 5.69 Å². The molecular weight excluding hydrogens is 397 g/mol. The molecule has 5 N–H and O–H groups in total. The third-order valence-corrected chi connectivity index (χ3v) is 4.21. The van der Waals surface area contributed by atoms with E-state index in [9.17, 15) is 24.6 Å². The summed E-state index contributed by atoms with van der Waals surface area (Å²) < 4.78 is 0. The minimum absolute atomic E-state index is 0.0690. The first-order chi connectivity index (χ1) is 11.8. The number of aromatic amines is 2. The molecule has 2 rings (SSSR count). The Morgan fingerprint density at radius 3 is 2.76 bits per heavy atom. The number of H-pyrrole nitrogens is 2. The molecule has 0 aliphatic rings. The molecule has 13 heteroatoms. The Morgan fingerprint density at radius 2 is 2.08 bits per heavy atom. The van der Waals surface area contributed by atoms with Gasteiger partial charge in [0.15, 0.2) is 10.8 Å². The van der Waals surface area contributed by atoms with E-state index in [1.807, 2.05) is 10.1 Å². The average molecular weight is 406 g/mol. The number of phenolic OH excluding ortho intramolecular Hbond substituents is 2. The van der Waals surface area contributed by atoms with Gasteiger partial charge in [0.2, 0.25) is 5.91 Å². The fraction of sp³-hybridized carbons (Fsp3) is 0.0833. The summed E-state index contributed by atoms with van der Waals surface area (Å²) in [4.78, 5) is 35.8. The number of aromatic hydroxyl groups is 2. The number of hydrogen-bond donors (Lipinski definition) is 5. The number of phenols is 2. The molecule has 0 saturated carbocycles. The van der Waals surface area contributed by atoms with Crippen molar-refractivity contribution in [1.82, 2.24) is 20.6 Å². The summed E-state index contributed by atoms with van der Waals surface area (Å²) in [6.45, 7) is 0. The minimum Gasteiger partial charge on any atom is -0.506 e. The van der Waals surface area contributed by atoms with E-state index < -0.39 is 28.7 Å². The van der Waals surface area contributed by atoms with Gasteiger partial charge in [-0.05, 0) is 6.07 Å². The van der Waals surface area contributed by atoms with Crippen LogP contribution in [-0.2, 0) is 4.79 Å². The number of hydrazone groups is 1. The molecule has 10 nitrogen and oxygen atoms in total. The van der Waals surface area contributed by atoms with Crippen LogP contribution in [0.5, 0.6) is 11.5 Å². The molecule has 1 aromatic heterocycles. The number of nitrogens with zero attached hydrogens (tertiary/aromatic N) is 2. The predicted molar refractivity (Wildman–Crippen MR) is 91.7 cm³/mol. The number of hydrogen-bond acceptors (Lipinski definition) is 8. The average Bonchev–Trinajstić information content (AvgIpc) is 2.56. The summed E-state index contributed by atoms with van der Waals surface area (Å²) in [5.74, 6) is -1.72. The molecule has 0 fully saturated rings. The van der Waals surface area contributed by atoms with E-state index in [4.69, 9.17) is 23.2 Å². The lowest BCUT2D eigenvalue weighted by Crippen LogP contribution is -2.26. The number of benzene rings is 1. The van der Waals surface area contributed by atoms with Crippen molar-refractivity contribution in [3.05, 3.63) is 42.5 Å². The first-order valence-corrected chi connectivity index (χ1v) is 8.07. The van der Waals surface area contributed by atoms with Gasteiger partial charge in [-0.3, -0.25) is 14.6 Å². The van der Waals surface area contributed by atoms with Crippen molar-refractivity contribution in [3.63, 3.8) is 0 Å². The monoisotopic (exact) mass is 405 g/mol. The van der Waals surface area contributed by atoms with Gasteiger partial charge in [0.1, 0.15) is 10.8 Å². The van der Waals surface area contributed by atoms with Gasteiger partial charge in [-0.2, -0.15) is 10.2 Å². The molecule has 0 bridgehead atoms. The number of carbonyl (C=O) groups is 1. The highest BCUT2D eigenvalue weighted by molar-refractivity contribution is 7.99. The van der Waals surface area contributed by atoms with Gasteiger partial charge in [-0.25, -0.2) is 15.3 Å². The molecule has 25 heavy (non-hydrogen) atoms. The van der Waals surface area contributed by atoms with Gasteiger partial charge < -0.3 is 10.2 Å². The molecule has 0 saturated heterocycles. The smallest absolute Gasteiger partial charge is 0.342 e. The number of halogens is 2. The Hall–Kier alpha value is -2.50. The third-order valence-electron chi connectivity index (χ3n) is 2.61. The Balaban J connectivity index is 1.97. The van der Waals surface area contributed by atoms with E-state index in [1.165, 1.54) is 6.07 Å². The maximum Gasteiger partial charge on any atom is 0.342 e. The lowest BCUT2D eigenvalue weighted by molar-refractivity contribution is -0.118. The summed E-state index contributed by atoms with van der Waals surface area (Å²) >= 11 is 12.2. The highest BCUT2D eigenvalue weighted by Crippen LogP contribution is 2.40. The maximum atomic E-state index is 11.6. The topological polar surface area (TPSA) is 161 Å². The normalized spacial score (nSPS) is 11.0. The van der Waals surface area contributed by atoms with Crippen LogP contribution in [0.2, 0.25) is 10.0 Å². The van der Waals surface area contributed by atoms with Crippen LogP contribution in [0.4, 0.5) is 0 Å². The van der Waals surface area contributed by atoms with Gasteiger partial charge in [0, 0.05) is 5.56 Å². The fourth-order valence-electron chi connectivity index (χ4n) is 1.49. The van der Waals surface area contributed by atoms with E-state index in [0.29, 0.717) is 0 Å². The van der Waals surface area contributed by atoms with Gasteiger partial charge in [0.25, 0.3) is 5.56 Å². The van der Waals surface area contributed by atoms with Crippen LogP contribution in [0.3, 0.4) is 0 Å². The number of carbonyl (C=O) groups excluding carboxylic acids is 1. The molecular formula is C12H9Cl2N5O5S. The summed E-state index contributed by atoms with van der Waals surface area (Å²) in [5.41, 5.74) is 0.746. The van der Waals surface area contributed by atoms with E-state index in [-0.39, 0.29) is 26.4 Å². The predicted octanol–water partition coefficient (Wildman–Crippen LogP) is 0.419. The maximum absolute atomic E-state index is 11.6. The van der Waals surface area contributed by atoms with E-state index >= 15 is 0 Å². The van der Waals surface area contributed by atoms with E-state index in [0.717, 1.165) is 18.0 Å².